The van der Waals surface area contributed by atoms with E-state index in [4.69, 9.17) is 24.5 Å². The standard InChI is InChI=1S/C24H40BN3O7/c1-14(2)10-19(25-34-18-12-15-11-17(23(15,3)4)24(18,5)35-25)27-21(30)16(33-22(26)31)13-20(29)28-6-8-32-9-7-28/h14-19H,6-13H2,1-5H3,(H2,26,31)(H,27,30)/t15-,16?,17-,18+,19-,24-/m0/s1. The normalized spacial score (nSPS) is 32.9. The van der Waals surface area contributed by atoms with Gasteiger partial charge in [0.1, 0.15) is 0 Å². The number of amides is 3. The molecule has 0 aromatic carbocycles. The fourth-order valence-electron chi connectivity index (χ4n) is 6.52. The third-order valence-electron chi connectivity index (χ3n) is 8.62. The van der Waals surface area contributed by atoms with Crippen molar-refractivity contribution in [3.63, 3.8) is 0 Å². The van der Waals surface area contributed by atoms with Crippen molar-refractivity contribution in [2.24, 2.45) is 28.9 Å². The topological polar surface area (TPSA) is 129 Å². The minimum absolute atomic E-state index is 0.0172. The number of hydrogen-bond acceptors (Lipinski definition) is 7. The van der Waals surface area contributed by atoms with E-state index in [2.05, 4.69) is 39.9 Å². The van der Waals surface area contributed by atoms with Crippen LogP contribution in [0.3, 0.4) is 0 Å². The Balaban J connectivity index is 1.45. The lowest BCUT2D eigenvalue weighted by Gasteiger charge is -2.64. The van der Waals surface area contributed by atoms with Crippen molar-refractivity contribution in [1.29, 1.82) is 0 Å². The molecule has 2 aliphatic heterocycles. The Kier molecular flexibility index (Phi) is 7.42. The van der Waals surface area contributed by atoms with Crippen LogP contribution in [-0.4, -0.2) is 80.0 Å². The smallest absolute Gasteiger partial charge is 0.436 e. The molecule has 2 heterocycles. The van der Waals surface area contributed by atoms with Gasteiger partial charge in [-0.15, -0.1) is 0 Å². The summed E-state index contributed by atoms with van der Waals surface area (Å²) >= 11 is 0. The summed E-state index contributed by atoms with van der Waals surface area (Å²) in [6.07, 6.45) is -0.0461. The maximum atomic E-state index is 13.3. The first kappa shape index (κ1) is 26.2. The number of ether oxygens (including phenoxy) is 2. The Morgan fingerprint density at radius 1 is 1.17 bits per heavy atom. The van der Waals surface area contributed by atoms with E-state index in [1.54, 1.807) is 4.90 Å². The van der Waals surface area contributed by atoms with E-state index >= 15 is 0 Å². The van der Waals surface area contributed by atoms with Crippen LogP contribution in [0.25, 0.3) is 0 Å². The quantitative estimate of drug-likeness (QED) is 0.490. The molecule has 0 radical (unpaired) electrons. The molecule has 11 heteroatoms. The number of carbonyl (C=O) groups excluding carboxylic acids is 3. The van der Waals surface area contributed by atoms with E-state index in [1.165, 1.54) is 0 Å². The lowest BCUT2D eigenvalue weighted by atomic mass is 9.43. The number of carbonyl (C=O) groups is 3. The van der Waals surface area contributed by atoms with Gasteiger partial charge in [-0.25, -0.2) is 4.79 Å². The molecule has 3 N–H and O–H groups in total. The highest BCUT2D eigenvalue weighted by molar-refractivity contribution is 6.47. The third-order valence-corrected chi connectivity index (χ3v) is 8.62. The molecule has 6 atom stereocenters. The van der Waals surface area contributed by atoms with Crippen molar-refractivity contribution in [1.82, 2.24) is 10.2 Å². The summed E-state index contributed by atoms with van der Waals surface area (Å²) in [6, 6.07) is 0. The van der Waals surface area contributed by atoms with Crippen molar-refractivity contribution < 1.29 is 33.2 Å². The highest BCUT2D eigenvalue weighted by Crippen LogP contribution is 2.65. The molecule has 3 saturated carbocycles. The molecule has 196 valence electrons. The molecule has 1 unspecified atom stereocenters. The summed E-state index contributed by atoms with van der Waals surface area (Å²) < 4.78 is 23.3. The number of nitrogens with two attached hydrogens (primary N) is 1. The molecule has 5 aliphatic rings. The molecule has 35 heavy (non-hydrogen) atoms. The second-order valence-electron chi connectivity index (χ2n) is 11.7. The van der Waals surface area contributed by atoms with Crippen molar-refractivity contribution in [3.8, 4) is 0 Å². The van der Waals surface area contributed by atoms with Gasteiger partial charge in [0.25, 0.3) is 5.91 Å². The van der Waals surface area contributed by atoms with Crippen LogP contribution in [0.4, 0.5) is 4.79 Å². The minimum Gasteiger partial charge on any atom is -0.436 e. The van der Waals surface area contributed by atoms with Crippen molar-refractivity contribution in [3.05, 3.63) is 0 Å². The van der Waals surface area contributed by atoms with Crippen molar-refractivity contribution in [2.75, 3.05) is 26.3 Å². The number of hydrogen-bond donors (Lipinski definition) is 2. The highest BCUT2D eigenvalue weighted by atomic mass is 16.7. The van der Waals surface area contributed by atoms with Crippen LogP contribution < -0.4 is 11.1 Å². The fraction of sp³-hybridized carbons (Fsp3) is 0.875. The minimum atomic E-state index is -1.33. The average molecular weight is 493 g/mol. The first-order valence-corrected chi connectivity index (χ1v) is 12.9. The van der Waals surface area contributed by atoms with Gasteiger partial charge in [-0.1, -0.05) is 27.7 Å². The van der Waals surface area contributed by atoms with E-state index in [0.29, 0.717) is 44.6 Å². The molecule has 5 fully saturated rings. The Morgan fingerprint density at radius 2 is 1.86 bits per heavy atom. The number of rotatable bonds is 8. The molecule has 3 aliphatic carbocycles. The van der Waals surface area contributed by atoms with Crippen LogP contribution >= 0.6 is 0 Å². The van der Waals surface area contributed by atoms with Gasteiger partial charge in [-0.2, -0.15) is 0 Å². The van der Waals surface area contributed by atoms with Crippen LogP contribution in [0.1, 0.15) is 60.3 Å². The molecule has 3 amide bonds. The average Bonchev–Trinajstić information content (AvgIpc) is 3.15. The van der Waals surface area contributed by atoms with Gasteiger partial charge >= 0.3 is 13.2 Å². The van der Waals surface area contributed by atoms with Crippen LogP contribution in [0.5, 0.6) is 0 Å². The molecule has 2 bridgehead atoms. The second kappa shape index (κ2) is 9.90. The fourth-order valence-corrected chi connectivity index (χ4v) is 6.52. The summed E-state index contributed by atoms with van der Waals surface area (Å²) in [5, 5.41) is 2.96. The first-order chi connectivity index (χ1) is 16.4. The zero-order valence-electron chi connectivity index (χ0n) is 21.6. The Labute approximate surface area is 208 Å². The van der Waals surface area contributed by atoms with E-state index in [0.717, 1.165) is 12.8 Å². The molecular weight excluding hydrogens is 453 g/mol. The van der Waals surface area contributed by atoms with Crippen LogP contribution in [-0.2, 0) is 28.4 Å². The van der Waals surface area contributed by atoms with Gasteiger partial charge < -0.3 is 34.7 Å². The third kappa shape index (κ3) is 5.18. The van der Waals surface area contributed by atoms with Crippen LogP contribution in [0.2, 0.25) is 0 Å². The molecule has 5 rings (SSSR count). The van der Waals surface area contributed by atoms with Gasteiger partial charge in [-0.05, 0) is 49.4 Å². The summed E-state index contributed by atoms with van der Waals surface area (Å²) in [7, 11) is -0.615. The van der Waals surface area contributed by atoms with Gasteiger partial charge in [0.05, 0.1) is 37.3 Å². The predicted octanol–water partition coefficient (Wildman–Crippen LogP) is 1.50. The lowest BCUT2D eigenvalue weighted by Crippen LogP contribution is -2.65. The molecule has 0 spiro atoms. The Hall–Kier alpha value is -1.85. The van der Waals surface area contributed by atoms with Crippen LogP contribution in [0.15, 0.2) is 0 Å². The summed E-state index contributed by atoms with van der Waals surface area (Å²) in [4.78, 5) is 39.1. The van der Waals surface area contributed by atoms with Crippen molar-refractivity contribution >= 4 is 25.0 Å². The molecule has 0 aromatic rings. The number of primary amides is 1. The molecule has 10 nitrogen and oxygen atoms in total. The zero-order valence-corrected chi connectivity index (χ0v) is 21.6. The van der Waals surface area contributed by atoms with E-state index in [-0.39, 0.29) is 29.8 Å². The Bertz CT molecular complexity index is 834. The number of nitrogens with zero attached hydrogens (tertiary/aromatic N) is 1. The summed E-state index contributed by atoms with van der Waals surface area (Å²) in [6.45, 7) is 12.6. The van der Waals surface area contributed by atoms with Crippen LogP contribution in [0, 0.1) is 23.2 Å². The second-order valence-corrected chi connectivity index (χ2v) is 11.7. The summed E-state index contributed by atoms with van der Waals surface area (Å²) in [5.74, 6) is -0.0555. The summed E-state index contributed by atoms with van der Waals surface area (Å²) in [5.41, 5.74) is 5.03. The molecule has 0 aromatic heterocycles. The van der Waals surface area contributed by atoms with Gasteiger partial charge in [0, 0.05) is 13.1 Å². The largest absolute Gasteiger partial charge is 0.481 e. The highest BCUT2D eigenvalue weighted by Gasteiger charge is 2.68. The van der Waals surface area contributed by atoms with Crippen molar-refractivity contribution in [2.45, 2.75) is 84.1 Å². The van der Waals surface area contributed by atoms with Gasteiger partial charge in [0.2, 0.25) is 5.91 Å². The predicted molar refractivity (Wildman–Crippen MR) is 128 cm³/mol. The SMILES string of the molecule is CC(C)C[C@H](NC(=O)C(CC(=O)N1CCOCC1)OC(N)=O)B1O[C@@H]2C[C@@H]3C[C@@H](C3(C)C)[C@]2(C)O1. The van der Waals surface area contributed by atoms with E-state index in [1.807, 2.05) is 0 Å². The number of morpholine rings is 1. The maximum absolute atomic E-state index is 13.3. The maximum Gasteiger partial charge on any atom is 0.481 e. The van der Waals surface area contributed by atoms with E-state index < -0.39 is 36.8 Å². The van der Waals surface area contributed by atoms with Gasteiger partial charge in [-0.3, -0.25) is 9.59 Å². The number of nitrogens with one attached hydrogen (secondary N) is 1. The first-order valence-electron chi connectivity index (χ1n) is 12.9. The van der Waals surface area contributed by atoms with E-state index in [9.17, 15) is 14.4 Å². The zero-order chi connectivity index (χ0) is 25.5. The van der Waals surface area contributed by atoms with Gasteiger partial charge in [0.15, 0.2) is 6.10 Å². The lowest BCUT2D eigenvalue weighted by molar-refractivity contribution is -0.199. The monoisotopic (exact) mass is 493 g/mol. The Morgan fingerprint density at radius 3 is 2.46 bits per heavy atom. The molecular formula is C24H40BN3O7. The molecule has 2 saturated heterocycles.